The van der Waals surface area contributed by atoms with Gasteiger partial charge in [-0.1, -0.05) is 30.3 Å². The number of benzene rings is 1. The first-order valence-corrected chi connectivity index (χ1v) is 6.67. The van der Waals surface area contributed by atoms with E-state index in [1.165, 1.54) is 0 Å². The van der Waals surface area contributed by atoms with Crippen molar-refractivity contribution >= 4 is 35.8 Å². The summed E-state index contributed by atoms with van der Waals surface area (Å²) in [5.74, 6) is 0.881. The van der Waals surface area contributed by atoms with E-state index in [2.05, 4.69) is 15.6 Å². The van der Waals surface area contributed by atoms with Gasteiger partial charge in [0.25, 0.3) is 0 Å². The third kappa shape index (κ3) is 5.14. The fraction of sp³-hybridized carbons (Fsp3) is 0.200. The van der Waals surface area contributed by atoms with Crippen LogP contribution in [0.1, 0.15) is 12.5 Å². The molecule has 0 aliphatic rings. The van der Waals surface area contributed by atoms with E-state index in [1.54, 1.807) is 19.1 Å². The number of ether oxygens (including phenoxy) is 1. The van der Waals surface area contributed by atoms with E-state index in [4.69, 9.17) is 10.5 Å². The maximum Gasteiger partial charge on any atom is 0.411 e. The molecule has 0 aliphatic carbocycles. The predicted octanol–water partition coefficient (Wildman–Crippen LogP) is 3.27. The first-order valence-electron chi connectivity index (χ1n) is 6.67. The van der Waals surface area contributed by atoms with Gasteiger partial charge >= 0.3 is 6.09 Å². The average Bonchev–Trinajstić information content (AvgIpc) is 2.49. The Morgan fingerprint density at radius 3 is 2.59 bits per heavy atom. The SMILES string of the molecule is CCOC(=O)Nc1ccc(NCc2ccccc2)nc1N.Cl. The van der Waals surface area contributed by atoms with E-state index in [9.17, 15) is 4.79 Å². The number of nitrogen functional groups attached to an aromatic ring is 1. The number of carbonyl (C=O) groups is 1. The largest absolute Gasteiger partial charge is 0.450 e. The van der Waals surface area contributed by atoms with Gasteiger partial charge in [-0.2, -0.15) is 0 Å². The van der Waals surface area contributed by atoms with Crippen molar-refractivity contribution in [3.05, 3.63) is 48.0 Å². The van der Waals surface area contributed by atoms with Crippen molar-refractivity contribution in [3.8, 4) is 0 Å². The van der Waals surface area contributed by atoms with E-state index < -0.39 is 6.09 Å². The minimum absolute atomic E-state index is 0. The number of nitrogens with zero attached hydrogens (tertiary/aromatic N) is 1. The van der Waals surface area contributed by atoms with E-state index >= 15 is 0 Å². The van der Waals surface area contributed by atoms with Gasteiger partial charge in [-0.3, -0.25) is 5.32 Å². The fourth-order valence-corrected chi connectivity index (χ4v) is 1.74. The zero-order valence-corrected chi connectivity index (χ0v) is 13.0. The van der Waals surface area contributed by atoms with Crippen LogP contribution in [0.25, 0.3) is 0 Å². The first-order chi connectivity index (χ1) is 10.2. The van der Waals surface area contributed by atoms with Crippen molar-refractivity contribution in [1.29, 1.82) is 0 Å². The van der Waals surface area contributed by atoms with Crippen molar-refractivity contribution in [2.24, 2.45) is 0 Å². The molecule has 6 nitrogen and oxygen atoms in total. The highest BCUT2D eigenvalue weighted by Gasteiger charge is 2.07. The van der Waals surface area contributed by atoms with Crippen molar-refractivity contribution in [2.45, 2.75) is 13.5 Å². The van der Waals surface area contributed by atoms with Gasteiger partial charge in [-0.05, 0) is 24.6 Å². The molecule has 0 saturated heterocycles. The molecule has 4 N–H and O–H groups in total. The lowest BCUT2D eigenvalue weighted by molar-refractivity contribution is 0.168. The topological polar surface area (TPSA) is 89.3 Å². The molecule has 0 bridgehead atoms. The van der Waals surface area contributed by atoms with Crippen molar-refractivity contribution in [2.75, 3.05) is 23.0 Å². The summed E-state index contributed by atoms with van der Waals surface area (Å²) in [4.78, 5) is 15.5. The number of carbonyl (C=O) groups excluding carboxylic acids is 1. The summed E-state index contributed by atoms with van der Waals surface area (Å²) in [5, 5.41) is 5.71. The van der Waals surface area contributed by atoms with Gasteiger partial charge in [0.2, 0.25) is 0 Å². The van der Waals surface area contributed by atoms with Crippen LogP contribution in [0.3, 0.4) is 0 Å². The van der Waals surface area contributed by atoms with Crippen LogP contribution in [0.2, 0.25) is 0 Å². The number of halogens is 1. The number of amides is 1. The van der Waals surface area contributed by atoms with Crippen LogP contribution >= 0.6 is 12.4 Å². The molecule has 0 spiro atoms. The Balaban J connectivity index is 0.00000242. The van der Waals surface area contributed by atoms with Crippen molar-refractivity contribution in [3.63, 3.8) is 0 Å². The summed E-state index contributed by atoms with van der Waals surface area (Å²) in [7, 11) is 0. The number of rotatable bonds is 5. The second kappa shape index (κ2) is 8.74. The quantitative estimate of drug-likeness (QED) is 0.786. The number of pyridine rings is 1. The van der Waals surface area contributed by atoms with Crippen LogP contribution in [-0.4, -0.2) is 17.7 Å². The summed E-state index contributed by atoms with van der Waals surface area (Å²) in [5.41, 5.74) is 7.39. The highest BCUT2D eigenvalue weighted by Crippen LogP contribution is 2.19. The maximum atomic E-state index is 11.3. The van der Waals surface area contributed by atoms with E-state index in [1.807, 2.05) is 30.3 Å². The highest BCUT2D eigenvalue weighted by molar-refractivity contribution is 5.88. The number of aromatic nitrogens is 1. The Morgan fingerprint density at radius 2 is 1.95 bits per heavy atom. The Labute approximate surface area is 135 Å². The third-order valence-electron chi connectivity index (χ3n) is 2.75. The molecule has 0 saturated carbocycles. The van der Waals surface area contributed by atoms with E-state index in [0.717, 1.165) is 5.56 Å². The summed E-state index contributed by atoms with van der Waals surface area (Å²) in [6.07, 6.45) is -0.545. The Morgan fingerprint density at radius 1 is 1.23 bits per heavy atom. The lowest BCUT2D eigenvalue weighted by Crippen LogP contribution is -2.15. The van der Waals surface area contributed by atoms with E-state index in [-0.39, 0.29) is 18.2 Å². The smallest absolute Gasteiger partial charge is 0.411 e. The summed E-state index contributed by atoms with van der Waals surface area (Å²) >= 11 is 0. The molecule has 7 heteroatoms. The number of hydrogen-bond acceptors (Lipinski definition) is 5. The summed E-state index contributed by atoms with van der Waals surface area (Å²) in [6.45, 7) is 2.69. The number of nitrogens with one attached hydrogen (secondary N) is 2. The van der Waals surface area contributed by atoms with Gasteiger partial charge in [0.15, 0.2) is 0 Å². The molecule has 0 radical (unpaired) electrons. The van der Waals surface area contributed by atoms with Crippen molar-refractivity contribution < 1.29 is 9.53 Å². The molecule has 2 rings (SSSR count). The van der Waals surface area contributed by atoms with Crippen LogP contribution in [0.5, 0.6) is 0 Å². The predicted molar refractivity (Wildman–Crippen MR) is 90.3 cm³/mol. The molecule has 0 aliphatic heterocycles. The third-order valence-corrected chi connectivity index (χ3v) is 2.75. The lowest BCUT2D eigenvalue weighted by Gasteiger charge is -2.10. The molecular weight excluding hydrogens is 304 g/mol. The first kappa shape index (κ1) is 17.6. The zero-order chi connectivity index (χ0) is 15.1. The van der Waals surface area contributed by atoms with Crippen LogP contribution in [0.15, 0.2) is 42.5 Å². The molecule has 118 valence electrons. The Bertz CT molecular complexity index is 608. The molecule has 0 fully saturated rings. The molecule has 1 heterocycles. The Kier molecular flexibility index (Phi) is 6.98. The van der Waals surface area contributed by atoms with Gasteiger partial charge in [-0.25, -0.2) is 9.78 Å². The summed E-state index contributed by atoms with van der Waals surface area (Å²) < 4.78 is 4.79. The van der Waals surface area contributed by atoms with E-state index in [0.29, 0.717) is 24.7 Å². The average molecular weight is 323 g/mol. The zero-order valence-electron chi connectivity index (χ0n) is 12.2. The molecule has 1 amide bonds. The standard InChI is InChI=1S/C15H18N4O2.ClH/c1-2-21-15(20)18-12-8-9-13(19-14(12)16)17-10-11-6-4-3-5-7-11;/h3-9H,2,10H2,1H3,(H,18,20)(H3,16,17,19);1H. The van der Waals surface area contributed by atoms with Crippen molar-refractivity contribution in [1.82, 2.24) is 4.98 Å². The van der Waals surface area contributed by atoms with Crippen LogP contribution in [0.4, 0.5) is 22.1 Å². The Hall–Kier alpha value is -2.47. The number of nitrogens with two attached hydrogens (primary N) is 1. The van der Waals surface area contributed by atoms with Crippen LogP contribution in [0, 0.1) is 0 Å². The van der Waals surface area contributed by atoms with Gasteiger partial charge in [-0.15, -0.1) is 12.4 Å². The number of anilines is 3. The monoisotopic (exact) mass is 322 g/mol. The summed E-state index contributed by atoms with van der Waals surface area (Å²) in [6, 6.07) is 13.4. The molecule has 0 atom stereocenters. The maximum absolute atomic E-state index is 11.3. The molecule has 2 aromatic rings. The number of hydrogen-bond donors (Lipinski definition) is 3. The van der Waals surface area contributed by atoms with Gasteiger partial charge in [0, 0.05) is 6.54 Å². The van der Waals surface area contributed by atoms with Crippen LogP contribution in [-0.2, 0) is 11.3 Å². The van der Waals surface area contributed by atoms with Gasteiger partial charge in [0.05, 0.1) is 12.3 Å². The highest BCUT2D eigenvalue weighted by atomic mass is 35.5. The lowest BCUT2D eigenvalue weighted by atomic mass is 10.2. The molecule has 1 aromatic heterocycles. The second-order valence-corrected chi connectivity index (χ2v) is 4.31. The van der Waals surface area contributed by atoms with Gasteiger partial charge < -0.3 is 15.8 Å². The minimum atomic E-state index is -0.545. The van der Waals surface area contributed by atoms with Crippen LogP contribution < -0.4 is 16.4 Å². The minimum Gasteiger partial charge on any atom is -0.450 e. The van der Waals surface area contributed by atoms with Gasteiger partial charge in [0.1, 0.15) is 11.6 Å². The molecular formula is C15H19ClN4O2. The second-order valence-electron chi connectivity index (χ2n) is 4.31. The molecule has 22 heavy (non-hydrogen) atoms. The fourth-order valence-electron chi connectivity index (χ4n) is 1.74. The molecule has 0 unspecified atom stereocenters. The molecule has 1 aromatic carbocycles. The normalized spacial score (nSPS) is 9.50.